The van der Waals surface area contributed by atoms with Crippen molar-refractivity contribution in [1.82, 2.24) is 0 Å². The summed E-state index contributed by atoms with van der Waals surface area (Å²) in [5.41, 5.74) is 4.64. The molecule has 150 valence electrons. The van der Waals surface area contributed by atoms with Crippen LogP contribution in [-0.2, 0) is 27.7 Å². The Morgan fingerprint density at radius 3 is 2.52 bits per heavy atom. The lowest BCUT2D eigenvalue weighted by atomic mass is 10.0. The molecule has 0 unspecified atom stereocenters. The fourth-order valence-corrected chi connectivity index (χ4v) is 4.95. The maximum absolute atomic E-state index is 12.8. The minimum absolute atomic E-state index is 0.289. The van der Waals surface area contributed by atoms with Crippen molar-refractivity contribution < 1.29 is 13.2 Å². The Kier molecular flexibility index (Phi) is 5.12. The first kappa shape index (κ1) is 19.9. The molecule has 29 heavy (non-hydrogen) atoms. The van der Waals surface area contributed by atoms with E-state index in [4.69, 9.17) is 0 Å². The standard InChI is InChI=1S/C22H21BrN2O3S/c1-14-12-17(9-10-19(14)23)25(29(2,27)28)13-21(26)24-20-11-8-16-7-6-15-4-3-5-18(20)22(15)16/h3-5,8-12H,6-7,13H2,1-2H3,(H,24,26). The molecule has 0 fully saturated rings. The molecule has 0 spiro atoms. The second-order valence-corrected chi connectivity index (χ2v) is 10.1. The second kappa shape index (κ2) is 7.46. The number of halogens is 1. The number of amides is 1. The highest BCUT2D eigenvalue weighted by atomic mass is 79.9. The number of nitrogens with zero attached hydrogens (tertiary/aromatic N) is 1. The molecule has 1 N–H and O–H groups in total. The van der Waals surface area contributed by atoms with Crippen LogP contribution in [0.3, 0.4) is 0 Å². The van der Waals surface area contributed by atoms with Crippen LogP contribution in [-0.4, -0.2) is 27.1 Å². The van der Waals surface area contributed by atoms with Gasteiger partial charge in [0.05, 0.1) is 11.9 Å². The number of anilines is 2. The van der Waals surface area contributed by atoms with Crippen LogP contribution >= 0.6 is 15.9 Å². The molecule has 0 saturated carbocycles. The van der Waals surface area contributed by atoms with Crippen LogP contribution in [0.2, 0.25) is 0 Å². The number of rotatable bonds is 5. The predicted molar refractivity (Wildman–Crippen MR) is 121 cm³/mol. The monoisotopic (exact) mass is 472 g/mol. The summed E-state index contributed by atoms with van der Waals surface area (Å²) < 4.78 is 26.7. The Hall–Kier alpha value is -2.38. The summed E-state index contributed by atoms with van der Waals surface area (Å²) in [4.78, 5) is 12.8. The smallest absolute Gasteiger partial charge is 0.245 e. The van der Waals surface area contributed by atoms with E-state index in [0.717, 1.165) is 38.8 Å². The van der Waals surface area contributed by atoms with E-state index in [-0.39, 0.29) is 12.5 Å². The zero-order chi connectivity index (χ0) is 20.8. The molecule has 0 saturated heterocycles. The summed E-state index contributed by atoms with van der Waals surface area (Å²) in [5.74, 6) is -0.380. The van der Waals surface area contributed by atoms with Gasteiger partial charge in [-0.05, 0) is 66.1 Å². The first-order valence-corrected chi connectivity index (χ1v) is 12.0. The van der Waals surface area contributed by atoms with Gasteiger partial charge in [0.15, 0.2) is 0 Å². The Balaban J connectivity index is 1.63. The number of carbonyl (C=O) groups excluding carboxylic acids is 1. The van der Waals surface area contributed by atoms with Gasteiger partial charge in [-0.2, -0.15) is 0 Å². The number of benzene rings is 3. The summed E-state index contributed by atoms with van der Waals surface area (Å²) in [6, 6.07) is 15.3. The van der Waals surface area contributed by atoms with Crippen LogP contribution in [0.4, 0.5) is 11.4 Å². The molecule has 4 rings (SSSR count). The van der Waals surface area contributed by atoms with Gasteiger partial charge in [0.25, 0.3) is 0 Å². The van der Waals surface area contributed by atoms with Crippen molar-refractivity contribution in [2.45, 2.75) is 19.8 Å². The van der Waals surface area contributed by atoms with E-state index in [1.807, 2.05) is 31.2 Å². The minimum atomic E-state index is -3.62. The Morgan fingerprint density at radius 2 is 1.83 bits per heavy atom. The average Bonchev–Trinajstić information content (AvgIpc) is 3.08. The van der Waals surface area contributed by atoms with Crippen molar-refractivity contribution >= 4 is 54.0 Å². The van der Waals surface area contributed by atoms with Crippen LogP contribution in [0.5, 0.6) is 0 Å². The molecule has 0 aromatic heterocycles. The zero-order valence-corrected chi connectivity index (χ0v) is 18.6. The lowest BCUT2D eigenvalue weighted by molar-refractivity contribution is -0.114. The molecule has 3 aromatic rings. The molecule has 1 aliphatic carbocycles. The minimum Gasteiger partial charge on any atom is -0.324 e. The first-order valence-electron chi connectivity index (χ1n) is 9.31. The van der Waals surface area contributed by atoms with Gasteiger partial charge in [-0.3, -0.25) is 9.10 Å². The lowest BCUT2D eigenvalue weighted by Gasteiger charge is -2.23. The summed E-state index contributed by atoms with van der Waals surface area (Å²) in [6.07, 6.45) is 3.13. The highest BCUT2D eigenvalue weighted by Gasteiger charge is 2.22. The third-order valence-electron chi connectivity index (χ3n) is 5.27. The van der Waals surface area contributed by atoms with Crippen molar-refractivity contribution in [2.75, 3.05) is 22.4 Å². The number of nitrogens with one attached hydrogen (secondary N) is 1. The summed E-state index contributed by atoms with van der Waals surface area (Å²) in [5, 5.41) is 5.11. The van der Waals surface area contributed by atoms with E-state index in [9.17, 15) is 13.2 Å². The lowest BCUT2D eigenvalue weighted by Crippen LogP contribution is -2.37. The molecule has 0 bridgehead atoms. The van der Waals surface area contributed by atoms with Crippen molar-refractivity contribution in [3.05, 3.63) is 69.7 Å². The van der Waals surface area contributed by atoms with E-state index in [1.54, 1.807) is 18.2 Å². The molecule has 7 heteroatoms. The molecular weight excluding hydrogens is 452 g/mol. The molecule has 1 aliphatic rings. The molecule has 5 nitrogen and oxygen atoms in total. The average molecular weight is 473 g/mol. The number of hydrogen-bond acceptors (Lipinski definition) is 3. The quantitative estimate of drug-likeness (QED) is 0.597. The Labute approximate surface area is 178 Å². The van der Waals surface area contributed by atoms with Gasteiger partial charge < -0.3 is 5.32 Å². The van der Waals surface area contributed by atoms with E-state index in [0.29, 0.717) is 11.4 Å². The topological polar surface area (TPSA) is 66.5 Å². The highest BCUT2D eigenvalue weighted by molar-refractivity contribution is 9.10. The Bertz CT molecular complexity index is 1230. The van der Waals surface area contributed by atoms with Crippen molar-refractivity contribution in [3.8, 4) is 0 Å². The van der Waals surface area contributed by atoms with Gasteiger partial charge in [0, 0.05) is 15.5 Å². The van der Waals surface area contributed by atoms with Gasteiger partial charge in [-0.1, -0.05) is 40.2 Å². The number of aryl methyl sites for hydroxylation is 3. The molecule has 0 heterocycles. The van der Waals surface area contributed by atoms with Crippen LogP contribution in [0.15, 0.2) is 53.0 Å². The maximum Gasteiger partial charge on any atom is 0.245 e. The van der Waals surface area contributed by atoms with E-state index < -0.39 is 10.0 Å². The van der Waals surface area contributed by atoms with Crippen molar-refractivity contribution in [3.63, 3.8) is 0 Å². The normalized spacial score (nSPS) is 12.9. The maximum atomic E-state index is 12.8. The second-order valence-electron chi connectivity index (χ2n) is 7.36. The molecule has 1 amide bonds. The molecular formula is C22H21BrN2O3S. The van der Waals surface area contributed by atoms with Gasteiger partial charge >= 0.3 is 0 Å². The SMILES string of the molecule is Cc1cc(N(CC(=O)Nc2ccc3c4c(cccc24)CC3)S(C)(=O)=O)ccc1Br. The van der Waals surface area contributed by atoms with Crippen LogP contribution in [0.1, 0.15) is 16.7 Å². The third kappa shape index (κ3) is 3.89. The number of sulfonamides is 1. The van der Waals surface area contributed by atoms with E-state index in [2.05, 4.69) is 27.3 Å². The summed E-state index contributed by atoms with van der Waals surface area (Å²) >= 11 is 3.42. The predicted octanol–water partition coefficient (Wildman–Crippen LogP) is 4.41. The molecule has 3 aromatic carbocycles. The number of carbonyl (C=O) groups is 1. The zero-order valence-electron chi connectivity index (χ0n) is 16.2. The summed E-state index contributed by atoms with van der Waals surface area (Å²) in [7, 11) is -3.62. The van der Waals surface area contributed by atoms with Gasteiger partial charge in [0.2, 0.25) is 15.9 Å². The highest BCUT2D eigenvalue weighted by Crippen LogP contribution is 2.35. The van der Waals surface area contributed by atoms with Gasteiger partial charge in [0.1, 0.15) is 6.54 Å². The van der Waals surface area contributed by atoms with Crippen molar-refractivity contribution in [1.29, 1.82) is 0 Å². The first-order chi connectivity index (χ1) is 13.7. The Morgan fingerprint density at radius 1 is 1.10 bits per heavy atom. The summed E-state index contributed by atoms with van der Waals surface area (Å²) in [6.45, 7) is 1.59. The molecule has 0 radical (unpaired) electrons. The van der Waals surface area contributed by atoms with E-state index in [1.165, 1.54) is 16.5 Å². The van der Waals surface area contributed by atoms with E-state index >= 15 is 0 Å². The van der Waals surface area contributed by atoms with Crippen LogP contribution < -0.4 is 9.62 Å². The molecule has 0 aliphatic heterocycles. The van der Waals surface area contributed by atoms with Gasteiger partial charge in [-0.15, -0.1) is 0 Å². The van der Waals surface area contributed by atoms with Gasteiger partial charge in [-0.25, -0.2) is 8.42 Å². The van der Waals surface area contributed by atoms with Crippen molar-refractivity contribution in [2.24, 2.45) is 0 Å². The molecule has 0 atom stereocenters. The van der Waals surface area contributed by atoms with Crippen LogP contribution in [0.25, 0.3) is 10.8 Å². The number of hydrogen-bond donors (Lipinski definition) is 1. The fourth-order valence-electron chi connectivity index (χ4n) is 3.86. The third-order valence-corrected chi connectivity index (χ3v) is 7.30. The fraction of sp³-hybridized carbons (Fsp3) is 0.227. The van der Waals surface area contributed by atoms with Crippen LogP contribution in [0, 0.1) is 6.92 Å². The largest absolute Gasteiger partial charge is 0.324 e.